The summed E-state index contributed by atoms with van der Waals surface area (Å²) < 4.78 is 0. The molecule has 2 heteroatoms. The van der Waals surface area contributed by atoms with Gasteiger partial charge in [0.1, 0.15) is 0 Å². The molecule has 2 nitrogen and oxygen atoms in total. The minimum atomic E-state index is 0.727. The smallest absolute Gasteiger partial charge is 0.0965 e. The quantitative estimate of drug-likeness (QED) is 0.718. The fraction of sp³-hybridized carbons (Fsp3) is 0.917. The van der Waals surface area contributed by atoms with Gasteiger partial charge in [-0.1, -0.05) is 26.2 Å². The molecule has 14 heavy (non-hydrogen) atoms. The van der Waals surface area contributed by atoms with E-state index in [-0.39, 0.29) is 0 Å². The Balaban J connectivity index is 1.79. The largest absolute Gasteiger partial charge is 0.371 e. The molecule has 80 valence electrons. The van der Waals surface area contributed by atoms with Crippen molar-refractivity contribution >= 4 is 5.84 Å². The molecular formula is C12H22N2. The Hall–Kier alpha value is -0.530. The number of hydrogen-bond acceptors (Lipinski definition) is 2. The van der Waals surface area contributed by atoms with Gasteiger partial charge in [-0.05, 0) is 25.2 Å². The highest BCUT2D eigenvalue weighted by atomic mass is 15.0. The Morgan fingerprint density at radius 1 is 1.36 bits per heavy atom. The second-order valence-electron chi connectivity index (χ2n) is 4.71. The molecule has 1 fully saturated rings. The molecule has 0 spiro atoms. The van der Waals surface area contributed by atoms with Gasteiger partial charge in [0.2, 0.25) is 0 Å². The predicted molar refractivity (Wildman–Crippen MR) is 60.7 cm³/mol. The molecule has 0 aromatic rings. The number of amidine groups is 1. The second kappa shape index (κ2) is 4.81. The number of nitrogens with one attached hydrogen (secondary N) is 1. The first kappa shape index (κ1) is 10.0. The molecule has 0 aromatic carbocycles. The van der Waals surface area contributed by atoms with Gasteiger partial charge >= 0.3 is 0 Å². The first-order chi connectivity index (χ1) is 6.88. The van der Waals surface area contributed by atoms with Gasteiger partial charge in [0.25, 0.3) is 0 Å². The first-order valence-electron chi connectivity index (χ1n) is 6.18. The van der Waals surface area contributed by atoms with E-state index in [1.165, 1.54) is 50.8 Å². The molecule has 2 unspecified atom stereocenters. The molecule has 0 radical (unpaired) electrons. The van der Waals surface area contributed by atoms with Gasteiger partial charge in [0.15, 0.2) is 0 Å². The van der Waals surface area contributed by atoms with Crippen LogP contribution in [0.25, 0.3) is 0 Å². The van der Waals surface area contributed by atoms with Crippen LogP contribution in [-0.4, -0.2) is 18.4 Å². The topological polar surface area (TPSA) is 24.4 Å². The molecule has 2 atom stereocenters. The average Bonchev–Trinajstić information content (AvgIpc) is 2.71. The third-order valence-corrected chi connectivity index (χ3v) is 3.61. The monoisotopic (exact) mass is 194 g/mol. The normalized spacial score (nSPS) is 32.8. The van der Waals surface area contributed by atoms with E-state index in [2.05, 4.69) is 17.2 Å². The molecule has 2 rings (SSSR count). The molecule has 2 aliphatic rings. The minimum absolute atomic E-state index is 0.727. The van der Waals surface area contributed by atoms with Gasteiger partial charge in [0, 0.05) is 19.0 Å². The van der Waals surface area contributed by atoms with Crippen molar-refractivity contribution in [3.05, 3.63) is 0 Å². The van der Waals surface area contributed by atoms with Gasteiger partial charge in [-0.25, -0.2) is 0 Å². The highest BCUT2D eigenvalue weighted by Crippen LogP contribution is 2.26. The summed E-state index contributed by atoms with van der Waals surface area (Å²) >= 11 is 0. The van der Waals surface area contributed by atoms with Crippen molar-refractivity contribution in [3.63, 3.8) is 0 Å². The van der Waals surface area contributed by atoms with E-state index in [0.717, 1.165) is 18.5 Å². The zero-order valence-corrected chi connectivity index (χ0v) is 9.26. The van der Waals surface area contributed by atoms with Gasteiger partial charge in [-0.3, -0.25) is 4.99 Å². The van der Waals surface area contributed by atoms with Crippen molar-refractivity contribution in [3.8, 4) is 0 Å². The zero-order valence-electron chi connectivity index (χ0n) is 9.26. The van der Waals surface area contributed by atoms with Crippen LogP contribution in [0.1, 0.15) is 51.9 Å². The molecule has 1 aliphatic carbocycles. The summed E-state index contributed by atoms with van der Waals surface area (Å²) in [6.45, 7) is 3.37. The molecular weight excluding hydrogens is 172 g/mol. The van der Waals surface area contributed by atoms with Crippen LogP contribution in [0.15, 0.2) is 4.99 Å². The lowest BCUT2D eigenvalue weighted by Gasteiger charge is -2.29. The Labute approximate surface area is 87.2 Å². The van der Waals surface area contributed by atoms with Crippen molar-refractivity contribution in [1.29, 1.82) is 0 Å². The van der Waals surface area contributed by atoms with Crippen molar-refractivity contribution in [1.82, 2.24) is 5.32 Å². The third-order valence-electron chi connectivity index (χ3n) is 3.61. The van der Waals surface area contributed by atoms with Crippen LogP contribution in [0.3, 0.4) is 0 Å². The van der Waals surface area contributed by atoms with Crippen LogP contribution >= 0.6 is 0 Å². The van der Waals surface area contributed by atoms with Crippen molar-refractivity contribution in [2.45, 2.75) is 57.9 Å². The fourth-order valence-corrected chi connectivity index (χ4v) is 2.69. The predicted octanol–water partition coefficient (Wildman–Crippen LogP) is 2.74. The second-order valence-corrected chi connectivity index (χ2v) is 4.71. The number of rotatable bonds is 2. The molecule has 1 aliphatic heterocycles. The summed E-state index contributed by atoms with van der Waals surface area (Å²) in [7, 11) is 0. The Morgan fingerprint density at radius 3 is 3.00 bits per heavy atom. The standard InChI is InChI=1S/C12H22N2/c1-2-10-5-3-6-11(9-10)14-12-7-4-8-13-12/h10-11H,2-9H2,1H3,(H,13,14). The SMILES string of the molecule is CCC1CCCC(NC2=NCCC2)C1. The van der Waals surface area contributed by atoms with E-state index < -0.39 is 0 Å². The lowest BCUT2D eigenvalue weighted by Crippen LogP contribution is -2.37. The molecule has 1 N–H and O–H groups in total. The Kier molecular flexibility index (Phi) is 3.44. The average molecular weight is 194 g/mol. The van der Waals surface area contributed by atoms with Gasteiger partial charge in [-0.15, -0.1) is 0 Å². The van der Waals surface area contributed by atoms with Crippen LogP contribution in [0.4, 0.5) is 0 Å². The molecule has 1 saturated carbocycles. The van der Waals surface area contributed by atoms with Crippen LogP contribution in [0, 0.1) is 5.92 Å². The van der Waals surface area contributed by atoms with E-state index in [9.17, 15) is 0 Å². The van der Waals surface area contributed by atoms with Gasteiger partial charge in [-0.2, -0.15) is 0 Å². The summed E-state index contributed by atoms with van der Waals surface area (Å²) in [5, 5.41) is 3.63. The van der Waals surface area contributed by atoms with E-state index in [4.69, 9.17) is 0 Å². The highest BCUT2D eigenvalue weighted by molar-refractivity contribution is 5.83. The minimum Gasteiger partial charge on any atom is -0.371 e. The maximum atomic E-state index is 4.49. The van der Waals surface area contributed by atoms with Crippen molar-refractivity contribution in [2.24, 2.45) is 10.9 Å². The molecule has 0 bridgehead atoms. The van der Waals surface area contributed by atoms with Crippen LogP contribution < -0.4 is 5.32 Å². The highest BCUT2D eigenvalue weighted by Gasteiger charge is 2.21. The number of nitrogens with zero attached hydrogens (tertiary/aromatic N) is 1. The maximum Gasteiger partial charge on any atom is 0.0965 e. The third kappa shape index (κ3) is 2.49. The van der Waals surface area contributed by atoms with Crippen LogP contribution in [-0.2, 0) is 0 Å². The Bertz CT molecular complexity index is 210. The van der Waals surface area contributed by atoms with E-state index in [0.29, 0.717) is 0 Å². The lowest BCUT2D eigenvalue weighted by molar-refractivity contribution is 0.299. The van der Waals surface area contributed by atoms with Crippen LogP contribution in [0.2, 0.25) is 0 Å². The summed E-state index contributed by atoms with van der Waals surface area (Å²) in [5.41, 5.74) is 0. The van der Waals surface area contributed by atoms with Crippen molar-refractivity contribution in [2.75, 3.05) is 6.54 Å². The summed E-state index contributed by atoms with van der Waals surface area (Å²) in [6.07, 6.45) is 9.37. The molecule has 0 amide bonds. The molecule has 0 saturated heterocycles. The Morgan fingerprint density at radius 2 is 2.29 bits per heavy atom. The first-order valence-corrected chi connectivity index (χ1v) is 6.18. The van der Waals surface area contributed by atoms with Crippen molar-refractivity contribution < 1.29 is 0 Å². The van der Waals surface area contributed by atoms with Gasteiger partial charge < -0.3 is 5.32 Å². The lowest BCUT2D eigenvalue weighted by atomic mass is 9.84. The number of hydrogen-bond donors (Lipinski definition) is 1. The zero-order chi connectivity index (χ0) is 9.80. The molecule has 0 aromatic heterocycles. The van der Waals surface area contributed by atoms with Gasteiger partial charge in [0.05, 0.1) is 5.84 Å². The summed E-state index contributed by atoms with van der Waals surface area (Å²) in [4.78, 5) is 4.49. The summed E-state index contributed by atoms with van der Waals surface area (Å²) in [5.74, 6) is 2.25. The van der Waals surface area contributed by atoms with E-state index in [1.807, 2.05) is 0 Å². The molecule has 1 heterocycles. The maximum absolute atomic E-state index is 4.49. The summed E-state index contributed by atoms with van der Waals surface area (Å²) in [6, 6.07) is 0.727. The number of aliphatic imine (C=N–C) groups is 1. The van der Waals surface area contributed by atoms with Crippen LogP contribution in [0.5, 0.6) is 0 Å². The fourth-order valence-electron chi connectivity index (χ4n) is 2.69. The van der Waals surface area contributed by atoms with E-state index >= 15 is 0 Å². The van der Waals surface area contributed by atoms with E-state index in [1.54, 1.807) is 0 Å².